The average molecular weight is 395 g/mol. The van der Waals surface area contributed by atoms with Crippen molar-refractivity contribution in [2.45, 2.75) is 11.9 Å². The summed E-state index contributed by atoms with van der Waals surface area (Å²) in [4.78, 5) is 16.1. The first-order valence-electron chi connectivity index (χ1n) is 7.68. The second-order valence-corrected chi connectivity index (χ2v) is 7.38. The third kappa shape index (κ3) is 3.81. The molecule has 1 aliphatic heterocycles. The molecule has 0 aliphatic carbocycles. The molecule has 136 valence electrons. The van der Waals surface area contributed by atoms with Crippen molar-refractivity contribution in [3.63, 3.8) is 0 Å². The number of rotatable bonds is 5. The van der Waals surface area contributed by atoms with Crippen LogP contribution in [0.2, 0.25) is 5.02 Å². The second kappa shape index (κ2) is 7.35. The summed E-state index contributed by atoms with van der Waals surface area (Å²) in [5.41, 5.74) is 0.804. The topological polar surface area (TPSA) is 94.6 Å². The van der Waals surface area contributed by atoms with Gasteiger partial charge in [0.2, 0.25) is 0 Å². The van der Waals surface area contributed by atoms with Crippen LogP contribution >= 0.6 is 11.6 Å². The molecular formula is C17H15ClN2O5S. The number of halogens is 1. The molecule has 0 spiro atoms. The van der Waals surface area contributed by atoms with Crippen LogP contribution in [0.3, 0.4) is 0 Å². The highest BCUT2D eigenvalue weighted by molar-refractivity contribution is 7.90. The Hall–Kier alpha value is -2.58. The fourth-order valence-corrected chi connectivity index (χ4v) is 3.37. The van der Waals surface area contributed by atoms with E-state index in [0.29, 0.717) is 28.7 Å². The molecule has 0 fully saturated rings. The maximum atomic E-state index is 12.4. The highest BCUT2D eigenvalue weighted by atomic mass is 35.5. The molecule has 1 aromatic carbocycles. The van der Waals surface area contributed by atoms with Crippen molar-refractivity contribution in [2.24, 2.45) is 0 Å². The number of sulfonamides is 1. The summed E-state index contributed by atoms with van der Waals surface area (Å²) in [6.45, 7) is 2.25. The number of benzene rings is 1. The molecule has 0 saturated carbocycles. The zero-order valence-electron chi connectivity index (χ0n) is 13.7. The van der Waals surface area contributed by atoms with Crippen LogP contribution in [-0.4, -0.2) is 32.5 Å². The van der Waals surface area contributed by atoms with Crippen LogP contribution in [0, 0.1) is 0 Å². The summed E-state index contributed by atoms with van der Waals surface area (Å²) in [6, 6.07) is 7.87. The molecule has 0 saturated heterocycles. The molecule has 26 heavy (non-hydrogen) atoms. The van der Waals surface area contributed by atoms with Crippen LogP contribution in [0.15, 0.2) is 47.1 Å². The van der Waals surface area contributed by atoms with Gasteiger partial charge in [-0.2, -0.15) is 8.42 Å². The minimum Gasteiger partial charge on any atom is -0.490 e. The van der Waals surface area contributed by atoms with Gasteiger partial charge in [-0.15, -0.1) is 0 Å². The molecule has 0 radical (unpaired) electrons. The molecule has 1 N–H and O–H groups in total. The van der Waals surface area contributed by atoms with E-state index in [9.17, 15) is 13.2 Å². The van der Waals surface area contributed by atoms with E-state index in [-0.39, 0.29) is 17.2 Å². The lowest BCUT2D eigenvalue weighted by molar-refractivity contribution is -0.116. The zero-order valence-corrected chi connectivity index (χ0v) is 15.3. The molecule has 2 heterocycles. The summed E-state index contributed by atoms with van der Waals surface area (Å²) in [5, 5.41) is -0.00742. The van der Waals surface area contributed by atoms with E-state index in [2.05, 4.69) is 4.98 Å². The highest BCUT2D eigenvalue weighted by Gasteiger charge is 2.25. The number of ether oxygens (including phenoxy) is 2. The van der Waals surface area contributed by atoms with E-state index in [1.54, 1.807) is 24.3 Å². The van der Waals surface area contributed by atoms with Gasteiger partial charge in [-0.1, -0.05) is 23.7 Å². The molecule has 3 rings (SSSR count). The number of carbonyl (C=O) groups is 1. The predicted molar refractivity (Wildman–Crippen MR) is 95.7 cm³/mol. The number of amides is 1. The van der Waals surface area contributed by atoms with Crippen molar-refractivity contribution in [3.05, 3.63) is 52.7 Å². The van der Waals surface area contributed by atoms with Crippen LogP contribution in [0.5, 0.6) is 11.5 Å². The molecule has 0 bridgehead atoms. The van der Waals surface area contributed by atoms with Gasteiger partial charge in [0.15, 0.2) is 16.5 Å². The van der Waals surface area contributed by atoms with Crippen molar-refractivity contribution in [3.8, 4) is 11.5 Å². The smallest absolute Gasteiger partial charge is 0.281 e. The number of nitrogens with one attached hydrogen (secondary N) is 1. The van der Waals surface area contributed by atoms with Crippen molar-refractivity contribution >= 4 is 33.6 Å². The minimum atomic E-state index is -4.11. The molecule has 0 atom stereocenters. The van der Waals surface area contributed by atoms with Crippen LogP contribution in [-0.2, 0) is 14.8 Å². The second-order valence-electron chi connectivity index (χ2n) is 5.32. The molecule has 1 aliphatic rings. The number of aromatic nitrogens is 1. The predicted octanol–water partition coefficient (Wildman–Crippen LogP) is 2.41. The summed E-state index contributed by atoms with van der Waals surface area (Å²) in [6.07, 6.45) is 2.76. The normalized spacial score (nSPS) is 13.2. The molecule has 2 aromatic rings. The fourth-order valence-electron chi connectivity index (χ4n) is 2.34. The molecule has 0 unspecified atom stereocenters. The van der Waals surface area contributed by atoms with E-state index in [1.165, 1.54) is 18.3 Å². The Bertz CT molecular complexity index is 971. The van der Waals surface area contributed by atoms with Gasteiger partial charge < -0.3 is 9.47 Å². The number of hydrogen-bond donors (Lipinski definition) is 1. The largest absolute Gasteiger partial charge is 0.490 e. The van der Waals surface area contributed by atoms with Crippen LogP contribution in [0.1, 0.15) is 12.5 Å². The Morgan fingerprint density at radius 1 is 1.35 bits per heavy atom. The van der Waals surface area contributed by atoms with Crippen molar-refractivity contribution in [2.75, 3.05) is 13.2 Å². The summed E-state index contributed by atoms with van der Waals surface area (Å²) >= 11 is 5.69. The van der Waals surface area contributed by atoms with E-state index < -0.39 is 15.9 Å². The molecular weight excluding hydrogens is 380 g/mol. The monoisotopic (exact) mass is 394 g/mol. The van der Waals surface area contributed by atoms with Gasteiger partial charge in [0, 0.05) is 11.8 Å². The maximum Gasteiger partial charge on any atom is 0.281 e. The van der Waals surface area contributed by atoms with Crippen molar-refractivity contribution in [1.29, 1.82) is 0 Å². The van der Waals surface area contributed by atoms with Gasteiger partial charge >= 0.3 is 0 Å². The van der Waals surface area contributed by atoms with Gasteiger partial charge in [-0.3, -0.25) is 4.79 Å². The number of carbonyl (C=O) groups excluding carboxylic acids is 1. The SMILES string of the molecule is CCOc1cccc2c1OCC(C(=O)NS(=O)(=O)c1ccc(Cl)cn1)=C2. The zero-order chi connectivity index (χ0) is 18.7. The first-order chi connectivity index (χ1) is 12.4. The first kappa shape index (κ1) is 18.2. The quantitative estimate of drug-likeness (QED) is 0.836. The average Bonchev–Trinajstić information content (AvgIpc) is 2.62. The molecule has 1 amide bonds. The van der Waals surface area contributed by atoms with E-state index in [1.807, 2.05) is 11.6 Å². The third-order valence-electron chi connectivity index (χ3n) is 3.51. The Morgan fingerprint density at radius 2 is 2.15 bits per heavy atom. The summed E-state index contributed by atoms with van der Waals surface area (Å²) < 4.78 is 37.6. The number of nitrogens with zero attached hydrogens (tertiary/aromatic N) is 1. The summed E-state index contributed by atoms with van der Waals surface area (Å²) in [5.74, 6) is 0.307. The standard InChI is InChI=1S/C17H15ClN2O5S/c1-2-24-14-5-3-4-11-8-12(10-25-16(11)14)17(21)20-26(22,23)15-7-6-13(18)9-19-15/h3-9H,2,10H2,1H3,(H,20,21). The van der Waals surface area contributed by atoms with Crippen LogP contribution < -0.4 is 14.2 Å². The number of hydrogen-bond acceptors (Lipinski definition) is 6. The third-order valence-corrected chi connectivity index (χ3v) is 4.98. The van der Waals surface area contributed by atoms with Gasteiger partial charge in [0.05, 0.1) is 17.2 Å². The number of para-hydroxylation sites is 1. The van der Waals surface area contributed by atoms with Gasteiger partial charge in [0.1, 0.15) is 6.61 Å². The highest BCUT2D eigenvalue weighted by Crippen LogP contribution is 2.35. The van der Waals surface area contributed by atoms with Gasteiger partial charge in [-0.25, -0.2) is 9.71 Å². The lowest BCUT2D eigenvalue weighted by Crippen LogP contribution is -2.34. The fraction of sp³-hybridized carbons (Fsp3) is 0.176. The Morgan fingerprint density at radius 3 is 2.85 bits per heavy atom. The van der Waals surface area contributed by atoms with E-state index >= 15 is 0 Å². The van der Waals surface area contributed by atoms with Crippen molar-refractivity contribution in [1.82, 2.24) is 9.71 Å². The Balaban J connectivity index is 1.82. The Kier molecular flexibility index (Phi) is 5.15. The summed E-state index contributed by atoms with van der Waals surface area (Å²) in [7, 11) is -4.11. The minimum absolute atomic E-state index is 0.0769. The Labute approximate surface area is 155 Å². The maximum absolute atomic E-state index is 12.4. The van der Waals surface area contributed by atoms with Crippen LogP contribution in [0.4, 0.5) is 0 Å². The molecule has 7 nitrogen and oxygen atoms in total. The first-order valence-corrected chi connectivity index (χ1v) is 9.54. The van der Waals surface area contributed by atoms with Crippen LogP contribution in [0.25, 0.3) is 6.08 Å². The van der Waals surface area contributed by atoms with Gasteiger partial charge in [0.25, 0.3) is 15.9 Å². The lowest BCUT2D eigenvalue weighted by Gasteiger charge is -2.20. The lowest BCUT2D eigenvalue weighted by atomic mass is 10.1. The van der Waals surface area contributed by atoms with Gasteiger partial charge in [-0.05, 0) is 31.2 Å². The van der Waals surface area contributed by atoms with E-state index in [4.69, 9.17) is 21.1 Å². The number of fused-ring (bicyclic) bond motifs is 1. The molecule has 9 heteroatoms. The number of pyridine rings is 1. The molecule has 1 aromatic heterocycles. The van der Waals surface area contributed by atoms with E-state index in [0.717, 1.165) is 0 Å². The van der Waals surface area contributed by atoms with Crippen molar-refractivity contribution < 1.29 is 22.7 Å².